The third-order valence-corrected chi connectivity index (χ3v) is 17.3. The molecule has 8 aliphatic rings. The third kappa shape index (κ3) is 5.06. The average Bonchev–Trinajstić information content (AvgIpc) is 3.51. The van der Waals surface area contributed by atoms with E-state index in [1.165, 1.54) is 12.2 Å². The van der Waals surface area contributed by atoms with Crippen LogP contribution in [0.15, 0.2) is 47.6 Å². The summed E-state index contributed by atoms with van der Waals surface area (Å²) >= 11 is 5.79. The fourth-order valence-corrected chi connectivity index (χ4v) is 14.5. The topological polar surface area (TPSA) is 166 Å². The zero-order valence-electron chi connectivity index (χ0n) is 32.7. The number of rotatable bonds is 4. The number of carbonyl (C=O) groups excluding carboxylic acids is 5. The Morgan fingerprint density at radius 3 is 2.20 bits per heavy atom. The molecule has 0 heterocycles. The minimum atomic E-state index is -2.15. The summed E-state index contributed by atoms with van der Waals surface area (Å²) < 4.78 is 16.8. The monoisotopic (exact) mass is 782 g/mol. The van der Waals surface area contributed by atoms with Gasteiger partial charge in [0.25, 0.3) is 0 Å². The van der Waals surface area contributed by atoms with Crippen LogP contribution in [0.2, 0.25) is 0 Å². The number of fused-ring (bicyclic) bond motifs is 10. The van der Waals surface area contributed by atoms with E-state index < -0.39 is 75.0 Å². The van der Waals surface area contributed by atoms with Crippen molar-refractivity contribution in [2.75, 3.05) is 12.5 Å². The molecule has 0 aromatic rings. The van der Waals surface area contributed by atoms with E-state index in [-0.39, 0.29) is 58.9 Å². The minimum Gasteiger partial charge on any atom is -0.393 e. The standard InChI is InChI=1S/C22H26ClFO4.C22H30O5/c1-12-8-16-15-5-4-13-9-14(25)6-7-19(13,2)21(15,24)17(26)10-20(16,3)22(12,28)18(27)11-23;1-12-8-14-15-5-7-22(27,18(26)11-23)21(15,3)10-17(25)19(14)20(2)6-4-13(24)9-16(12)20/h6-7,9,12,15-16,28H,4-5,8,10-11H2,1-3H3;4,6,9,12,14-15,17,19,23,25,27H,5,7-8,10-11H2,1-3H3/t12-,15-,16-,19-,20-,21-,22-;12-,14-,15-,17-,19+,20-,21-,22-/m00/s1. The molecule has 0 aromatic heterocycles. The molecule has 4 N–H and O–H groups in total. The maximum Gasteiger partial charge on any atom is 0.190 e. The molecule has 6 saturated carbocycles. The van der Waals surface area contributed by atoms with Gasteiger partial charge in [-0.15, -0.1) is 11.6 Å². The summed E-state index contributed by atoms with van der Waals surface area (Å²) in [6.45, 7) is 10.7. The van der Waals surface area contributed by atoms with Gasteiger partial charge in [0.1, 0.15) is 17.8 Å². The highest BCUT2D eigenvalue weighted by Gasteiger charge is 2.76. The van der Waals surface area contributed by atoms with Crippen molar-refractivity contribution in [3.63, 3.8) is 0 Å². The lowest BCUT2D eigenvalue weighted by atomic mass is 9.45. The normalized spacial score (nSPS) is 50.6. The molecule has 0 radical (unpaired) electrons. The molecule has 8 rings (SSSR count). The Labute approximate surface area is 327 Å². The van der Waals surface area contributed by atoms with E-state index in [1.54, 1.807) is 39.0 Å². The van der Waals surface area contributed by atoms with Gasteiger partial charge in [0, 0.05) is 39.9 Å². The zero-order chi connectivity index (χ0) is 40.5. The summed E-state index contributed by atoms with van der Waals surface area (Å²) in [5, 5.41) is 43.3. The number of hydrogen-bond donors (Lipinski definition) is 4. The van der Waals surface area contributed by atoms with E-state index in [9.17, 15) is 44.4 Å². The highest BCUT2D eigenvalue weighted by Crippen LogP contribution is 2.70. The molecule has 9 nitrogen and oxygen atoms in total. The number of alkyl halides is 2. The van der Waals surface area contributed by atoms with Crippen LogP contribution in [0.1, 0.15) is 92.9 Å². The molecule has 0 amide bonds. The molecule has 0 saturated heterocycles. The van der Waals surface area contributed by atoms with Crippen LogP contribution in [0.25, 0.3) is 0 Å². The Balaban J connectivity index is 0.000000169. The second-order valence-electron chi connectivity index (χ2n) is 19.3. The van der Waals surface area contributed by atoms with Crippen molar-refractivity contribution in [2.45, 2.75) is 116 Å². The van der Waals surface area contributed by atoms with E-state index in [4.69, 9.17) is 11.6 Å². The SMILES string of the molecule is C[C@H]1C[C@@H]2[C@H]([C@@H](O)C[C@@]3(C)[C@H]2CC[C@]3(O)C(=O)CO)[C@@]2(C)C=CC(=O)C=C12.C[C@H]1C[C@H]2[C@@H]3CCC4=CC(=O)C=C[C@]4(C)[C@@]3(F)C(=O)C[C@]2(C)[C@@]1(O)C(=O)CCl. The summed E-state index contributed by atoms with van der Waals surface area (Å²) in [5.41, 5.74) is -7.01. The molecule has 300 valence electrons. The number of halogens is 2. The third-order valence-electron chi connectivity index (χ3n) is 17.1. The predicted molar refractivity (Wildman–Crippen MR) is 202 cm³/mol. The van der Waals surface area contributed by atoms with E-state index in [0.29, 0.717) is 37.7 Å². The first kappa shape index (κ1) is 40.6. The lowest BCUT2D eigenvalue weighted by Gasteiger charge is -2.60. The lowest BCUT2D eigenvalue weighted by molar-refractivity contribution is -0.185. The number of Topliss-reactive ketones (excluding diaryl/α,β-unsaturated/α-hetero) is 3. The Kier molecular flexibility index (Phi) is 9.54. The Hall–Kier alpha value is -2.63. The molecular formula is C44H56ClFO9. The zero-order valence-corrected chi connectivity index (χ0v) is 33.5. The molecule has 0 unspecified atom stereocenters. The van der Waals surface area contributed by atoms with Gasteiger partial charge in [-0.05, 0) is 106 Å². The highest BCUT2D eigenvalue weighted by atomic mass is 35.5. The molecule has 15 atom stereocenters. The van der Waals surface area contributed by atoms with Crippen LogP contribution < -0.4 is 0 Å². The number of ketones is 5. The summed E-state index contributed by atoms with van der Waals surface area (Å²) in [7, 11) is 0. The summed E-state index contributed by atoms with van der Waals surface area (Å²) in [5.74, 6) is -3.00. The molecule has 0 bridgehead atoms. The molecule has 8 aliphatic carbocycles. The van der Waals surface area contributed by atoms with Crippen molar-refractivity contribution in [3.8, 4) is 0 Å². The van der Waals surface area contributed by atoms with Crippen LogP contribution in [0, 0.1) is 63.1 Å². The van der Waals surface area contributed by atoms with Gasteiger partial charge >= 0.3 is 0 Å². The van der Waals surface area contributed by atoms with Crippen molar-refractivity contribution < 1.29 is 48.8 Å². The Morgan fingerprint density at radius 1 is 0.891 bits per heavy atom. The van der Waals surface area contributed by atoms with Gasteiger partial charge in [-0.1, -0.05) is 57.9 Å². The first-order chi connectivity index (χ1) is 25.5. The van der Waals surface area contributed by atoms with E-state index in [0.717, 1.165) is 18.4 Å². The first-order valence-electron chi connectivity index (χ1n) is 20.0. The molecule has 0 spiro atoms. The minimum absolute atomic E-state index is 0.00620. The van der Waals surface area contributed by atoms with Gasteiger partial charge in [0.05, 0.1) is 12.0 Å². The van der Waals surface area contributed by atoms with Gasteiger partial charge in [-0.2, -0.15) is 0 Å². The second kappa shape index (κ2) is 12.9. The van der Waals surface area contributed by atoms with Crippen molar-refractivity contribution in [2.24, 2.45) is 63.1 Å². The van der Waals surface area contributed by atoms with Gasteiger partial charge in [-0.25, -0.2) is 4.39 Å². The van der Waals surface area contributed by atoms with Gasteiger partial charge < -0.3 is 20.4 Å². The number of hydrogen-bond acceptors (Lipinski definition) is 9. The van der Waals surface area contributed by atoms with Crippen molar-refractivity contribution in [3.05, 3.63) is 47.6 Å². The molecule has 55 heavy (non-hydrogen) atoms. The van der Waals surface area contributed by atoms with E-state index >= 15 is 4.39 Å². The van der Waals surface area contributed by atoms with Crippen LogP contribution in [-0.4, -0.2) is 84.8 Å². The van der Waals surface area contributed by atoms with Crippen LogP contribution >= 0.6 is 11.6 Å². The smallest absolute Gasteiger partial charge is 0.190 e. The van der Waals surface area contributed by atoms with Crippen LogP contribution in [0.5, 0.6) is 0 Å². The van der Waals surface area contributed by atoms with Crippen molar-refractivity contribution >= 4 is 40.5 Å². The van der Waals surface area contributed by atoms with Gasteiger partial charge in [-0.3, -0.25) is 24.0 Å². The maximum absolute atomic E-state index is 16.8. The fraction of sp³-hybridized carbons (Fsp3) is 0.705. The number of carbonyl (C=O) groups is 5. The quantitative estimate of drug-likeness (QED) is 0.282. The number of allylic oxidation sites excluding steroid dienone is 8. The van der Waals surface area contributed by atoms with Gasteiger partial charge in [0.2, 0.25) is 0 Å². The average molecular weight is 783 g/mol. The molecule has 0 aliphatic heterocycles. The van der Waals surface area contributed by atoms with E-state index in [1.807, 2.05) is 13.0 Å². The summed E-state index contributed by atoms with van der Waals surface area (Å²) in [6.07, 6.45) is 12.4. The first-order valence-corrected chi connectivity index (χ1v) is 20.6. The summed E-state index contributed by atoms with van der Waals surface area (Å²) in [4.78, 5) is 62.2. The largest absolute Gasteiger partial charge is 0.393 e. The Morgan fingerprint density at radius 2 is 1.55 bits per heavy atom. The Bertz CT molecular complexity index is 1870. The van der Waals surface area contributed by atoms with E-state index in [2.05, 4.69) is 13.8 Å². The molecule has 0 aromatic carbocycles. The number of aliphatic hydroxyl groups excluding tert-OH is 2. The number of aliphatic hydroxyl groups is 4. The predicted octanol–water partition coefficient (Wildman–Crippen LogP) is 5.15. The molecule has 6 fully saturated rings. The second-order valence-corrected chi connectivity index (χ2v) is 19.5. The highest BCUT2D eigenvalue weighted by molar-refractivity contribution is 6.29. The van der Waals surface area contributed by atoms with Gasteiger partial charge in [0.15, 0.2) is 34.6 Å². The van der Waals surface area contributed by atoms with Crippen LogP contribution in [-0.2, 0) is 24.0 Å². The van der Waals surface area contributed by atoms with Crippen LogP contribution in [0.4, 0.5) is 4.39 Å². The molecular weight excluding hydrogens is 727 g/mol. The fourth-order valence-electron chi connectivity index (χ4n) is 14.3. The van der Waals surface area contributed by atoms with Crippen molar-refractivity contribution in [1.29, 1.82) is 0 Å². The maximum atomic E-state index is 16.8. The lowest BCUT2D eigenvalue weighted by Crippen LogP contribution is -2.68. The van der Waals surface area contributed by atoms with Crippen molar-refractivity contribution in [1.82, 2.24) is 0 Å². The van der Waals surface area contributed by atoms with Crippen LogP contribution in [0.3, 0.4) is 0 Å². The summed E-state index contributed by atoms with van der Waals surface area (Å²) in [6, 6.07) is 0. The molecule has 11 heteroatoms.